The average Bonchev–Trinajstić information content (AvgIpc) is 2.23. The molecule has 1 nitrogen and oxygen atoms in total. The Bertz CT molecular complexity index is 316. The number of halogens is 1. The van der Waals surface area contributed by atoms with E-state index in [4.69, 9.17) is 11.6 Å². The Morgan fingerprint density at radius 3 is 3.00 bits per heavy atom. The molecule has 1 heterocycles. The van der Waals surface area contributed by atoms with Crippen LogP contribution in [0.25, 0.3) is 0 Å². The molecule has 14 heavy (non-hydrogen) atoms. The molecule has 2 heteroatoms. The molecule has 0 radical (unpaired) electrons. The highest BCUT2D eigenvalue weighted by Crippen LogP contribution is 2.31. The number of aryl methyl sites for hydroxylation is 1. The third-order valence-corrected chi connectivity index (χ3v) is 3.47. The van der Waals surface area contributed by atoms with Gasteiger partial charge >= 0.3 is 0 Å². The first-order chi connectivity index (χ1) is 6.79. The first-order valence-electron chi connectivity index (χ1n) is 5.25. The number of nitrogens with one attached hydrogen (secondary N) is 1. The number of piperidine rings is 1. The summed E-state index contributed by atoms with van der Waals surface area (Å²) >= 11 is 6.30. The van der Waals surface area contributed by atoms with Crippen molar-refractivity contribution >= 4 is 11.6 Å². The van der Waals surface area contributed by atoms with Gasteiger partial charge in [-0.3, -0.25) is 0 Å². The number of hydrogen-bond donors (Lipinski definition) is 1. The van der Waals surface area contributed by atoms with Crippen LogP contribution in [0.5, 0.6) is 0 Å². The van der Waals surface area contributed by atoms with Crippen LogP contribution in [0, 0.1) is 6.92 Å². The Labute approximate surface area is 90.5 Å². The minimum Gasteiger partial charge on any atom is -0.316 e. The second kappa shape index (κ2) is 4.33. The third-order valence-electron chi connectivity index (χ3n) is 2.96. The highest BCUT2D eigenvalue weighted by molar-refractivity contribution is 6.32. The molecule has 1 aromatic rings. The molecule has 1 N–H and O–H groups in total. The van der Waals surface area contributed by atoms with E-state index in [1.54, 1.807) is 0 Å². The summed E-state index contributed by atoms with van der Waals surface area (Å²) in [6, 6.07) is 6.33. The molecule has 1 fully saturated rings. The standard InChI is InChI=1S/C12H16ClN/c1-9-4-2-6-11(12(9)13)10-5-3-7-14-8-10/h2,4,6,10,14H,3,5,7-8H2,1H3/t10-/m0/s1. The predicted octanol–water partition coefficient (Wildman–Crippen LogP) is 3.12. The summed E-state index contributed by atoms with van der Waals surface area (Å²) < 4.78 is 0. The molecule has 2 rings (SSSR count). The summed E-state index contributed by atoms with van der Waals surface area (Å²) in [6.45, 7) is 4.30. The fourth-order valence-electron chi connectivity index (χ4n) is 2.10. The van der Waals surface area contributed by atoms with Gasteiger partial charge in [-0.05, 0) is 43.4 Å². The van der Waals surface area contributed by atoms with Crippen LogP contribution in [0.15, 0.2) is 18.2 Å². The van der Waals surface area contributed by atoms with E-state index >= 15 is 0 Å². The summed E-state index contributed by atoms with van der Waals surface area (Å²) in [4.78, 5) is 0. The third kappa shape index (κ3) is 1.94. The second-order valence-electron chi connectivity index (χ2n) is 4.02. The zero-order valence-electron chi connectivity index (χ0n) is 8.52. The number of hydrogen-bond acceptors (Lipinski definition) is 1. The van der Waals surface area contributed by atoms with E-state index in [1.807, 2.05) is 0 Å². The van der Waals surface area contributed by atoms with Gasteiger partial charge in [0.05, 0.1) is 0 Å². The molecule has 0 aliphatic carbocycles. The maximum absolute atomic E-state index is 6.30. The van der Waals surface area contributed by atoms with E-state index in [1.165, 1.54) is 24.0 Å². The van der Waals surface area contributed by atoms with Gasteiger partial charge in [0.25, 0.3) is 0 Å². The summed E-state index contributed by atoms with van der Waals surface area (Å²) in [7, 11) is 0. The Morgan fingerprint density at radius 1 is 1.43 bits per heavy atom. The van der Waals surface area contributed by atoms with Gasteiger partial charge in [-0.2, -0.15) is 0 Å². The monoisotopic (exact) mass is 209 g/mol. The van der Waals surface area contributed by atoms with Crippen LogP contribution in [-0.4, -0.2) is 13.1 Å². The lowest BCUT2D eigenvalue weighted by Gasteiger charge is -2.24. The lowest BCUT2D eigenvalue weighted by atomic mass is 9.91. The van der Waals surface area contributed by atoms with Crippen LogP contribution >= 0.6 is 11.6 Å². The molecular formula is C12H16ClN. The summed E-state index contributed by atoms with van der Waals surface area (Å²) in [6.07, 6.45) is 2.52. The van der Waals surface area contributed by atoms with Crippen LogP contribution in [0.2, 0.25) is 5.02 Å². The summed E-state index contributed by atoms with van der Waals surface area (Å²) in [5.74, 6) is 0.608. The topological polar surface area (TPSA) is 12.0 Å². The molecule has 0 spiro atoms. The normalized spacial score (nSPS) is 22.3. The summed E-state index contributed by atoms with van der Waals surface area (Å²) in [5.41, 5.74) is 2.51. The van der Waals surface area contributed by atoms with Crippen molar-refractivity contribution in [1.82, 2.24) is 5.32 Å². The van der Waals surface area contributed by atoms with E-state index in [2.05, 4.69) is 30.4 Å². The van der Waals surface area contributed by atoms with Crippen LogP contribution in [0.4, 0.5) is 0 Å². The van der Waals surface area contributed by atoms with E-state index in [0.717, 1.165) is 18.1 Å². The summed E-state index contributed by atoms with van der Waals surface area (Å²) in [5, 5.41) is 4.38. The second-order valence-corrected chi connectivity index (χ2v) is 4.40. The van der Waals surface area contributed by atoms with Crippen molar-refractivity contribution in [2.24, 2.45) is 0 Å². The van der Waals surface area contributed by atoms with Crippen LogP contribution in [0.3, 0.4) is 0 Å². The van der Waals surface area contributed by atoms with Crippen LogP contribution in [0.1, 0.15) is 29.9 Å². The van der Waals surface area contributed by atoms with Gasteiger partial charge in [0.1, 0.15) is 0 Å². The highest BCUT2D eigenvalue weighted by Gasteiger charge is 2.17. The Balaban J connectivity index is 2.26. The smallest absolute Gasteiger partial charge is 0.0470 e. The van der Waals surface area contributed by atoms with Crippen molar-refractivity contribution in [3.8, 4) is 0 Å². The first kappa shape index (κ1) is 10.0. The quantitative estimate of drug-likeness (QED) is 0.750. The maximum Gasteiger partial charge on any atom is 0.0470 e. The van der Waals surface area contributed by atoms with Gasteiger partial charge in [0, 0.05) is 11.6 Å². The van der Waals surface area contributed by atoms with Crippen molar-refractivity contribution in [1.29, 1.82) is 0 Å². The van der Waals surface area contributed by atoms with Crippen molar-refractivity contribution in [2.45, 2.75) is 25.7 Å². The van der Waals surface area contributed by atoms with Gasteiger partial charge in [0.15, 0.2) is 0 Å². The minimum atomic E-state index is 0.608. The lowest BCUT2D eigenvalue weighted by Crippen LogP contribution is -2.28. The fraction of sp³-hybridized carbons (Fsp3) is 0.500. The van der Waals surface area contributed by atoms with Gasteiger partial charge < -0.3 is 5.32 Å². The van der Waals surface area contributed by atoms with E-state index in [0.29, 0.717) is 5.92 Å². The van der Waals surface area contributed by atoms with Gasteiger partial charge in [0.2, 0.25) is 0 Å². The molecular weight excluding hydrogens is 194 g/mol. The lowest BCUT2D eigenvalue weighted by molar-refractivity contribution is 0.461. The van der Waals surface area contributed by atoms with Gasteiger partial charge in [-0.15, -0.1) is 0 Å². The van der Waals surface area contributed by atoms with Crippen molar-refractivity contribution in [3.63, 3.8) is 0 Å². The predicted molar refractivity (Wildman–Crippen MR) is 61.0 cm³/mol. The molecule has 1 saturated heterocycles. The molecule has 1 aliphatic heterocycles. The first-order valence-corrected chi connectivity index (χ1v) is 5.62. The van der Waals surface area contributed by atoms with Crippen molar-refractivity contribution in [2.75, 3.05) is 13.1 Å². The molecule has 1 aromatic carbocycles. The van der Waals surface area contributed by atoms with Gasteiger partial charge in [-0.1, -0.05) is 29.8 Å². The fourth-order valence-corrected chi connectivity index (χ4v) is 2.38. The van der Waals surface area contributed by atoms with Crippen LogP contribution < -0.4 is 5.32 Å². The number of rotatable bonds is 1. The van der Waals surface area contributed by atoms with Crippen LogP contribution in [-0.2, 0) is 0 Å². The largest absolute Gasteiger partial charge is 0.316 e. The van der Waals surface area contributed by atoms with Crippen molar-refractivity contribution < 1.29 is 0 Å². The molecule has 1 atom stereocenters. The molecule has 0 unspecified atom stereocenters. The molecule has 1 aliphatic rings. The van der Waals surface area contributed by atoms with Gasteiger partial charge in [-0.25, -0.2) is 0 Å². The SMILES string of the molecule is Cc1cccc([C@H]2CCCNC2)c1Cl. The van der Waals surface area contributed by atoms with E-state index in [-0.39, 0.29) is 0 Å². The molecule has 0 amide bonds. The minimum absolute atomic E-state index is 0.608. The Kier molecular flexibility index (Phi) is 3.09. The highest BCUT2D eigenvalue weighted by atomic mass is 35.5. The zero-order chi connectivity index (χ0) is 9.97. The Hall–Kier alpha value is -0.530. The number of benzene rings is 1. The average molecular weight is 210 g/mol. The molecule has 0 bridgehead atoms. The maximum atomic E-state index is 6.30. The van der Waals surface area contributed by atoms with E-state index < -0.39 is 0 Å². The Morgan fingerprint density at radius 2 is 2.29 bits per heavy atom. The molecule has 76 valence electrons. The van der Waals surface area contributed by atoms with Crippen molar-refractivity contribution in [3.05, 3.63) is 34.3 Å². The van der Waals surface area contributed by atoms with E-state index in [9.17, 15) is 0 Å². The zero-order valence-corrected chi connectivity index (χ0v) is 9.27. The molecule has 0 aromatic heterocycles. The molecule has 0 saturated carbocycles.